The average molecular weight is 522 g/mol. The molecule has 1 aromatic rings. The molecule has 7 heteroatoms. The van der Waals surface area contributed by atoms with E-state index >= 15 is 0 Å². The van der Waals surface area contributed by atoms with E-state index in [0.29, 0.717) is 5.92 Å². The van der Waals surface area contributed by atoms with Crippen molar-refractivity contribution in [3.05, 3.63) is 34.9 Å². The third-order valence-corrected chi connectivity index (χ3v) is 5.28. The number of guanidine groups is 1. The second kappa shape index (κ2) is 13.6. The molecule has 1 aromatic carbocycles. The van der Waals surface area contributed by atoms with Crippen LogP contribution in [-0.2, 0) is 6.54 Å². The fourth-order valence-electron chi connectivity index (χ4n) is 3.48. The van der Waals surface area contributed by atoms with Crippen molar-refractivity contribution in [3.63, 3.8) is 0 Å². The smallest absolute Gasteiger partial charge is 0.193 e. The molecule has 1 aliphatic heterocycles. The van der Waals surface area contributed by atoms with Crippen LogP contribution >= 0.6 is 35.6 Å². The molecule has 28 heavy (non-hydrogen) atoms. The molecule has 1 saturated heterocycles. The first-order chi connectivity index (χ1) is 13.0. The molecule has 0 spiro atoms. The normalized spacial score (nSPS) is 17.1. The summed E-state index contributed by atoms with van der Waals surface area (Å²) in [5.74, 6) is 1.51. The lowest BCUT2D eigenvalue weighted by atomic mass is 10.1. The molecule has 0 radical (unpaired) electrons. The van der Waals surface area contributed by atoms with Crippen LogP contribution in [0.5, 0.6) is 0 Å². The number of piperazine rings is 1. The van der Waals surface area contributed by atoms with Crippen molar-refractivity contribution in [3.8, 4) is 0 Å². The SMILES string of the molecule is CCNC(=NCC(C)CN1CCN(CC)CC1)N(C)Cc1cccc(Cl)c1.I. The highest BCUT2D eigenvalue weighted by molar-refractivity contribution is 14.0. The van der Waals surface area contributed by atoms with Gasteiger partial charge in [0.25, 0.3) is 0 Å². The Morgan fingerprint density at radius 3 is 2.50 bits per heavy atom. The number of halogens is 2. The minimum absolute atomic E-state index is 0. The van der Waals surface area contributed by atoms with Crippen molar-refractivity contribution in [2.24, 2.45) is 10.9 Å². The zero-order valence-electron chi connectivity index (χ0n) is 17.8. The summed E-state index contributed by atoms with van der Waals surface area (Å²) < 4.78 is 0. The van der Waals surface area contributed by atoms with Gasteiger partial charge in [0.15, 0.2) is 5.96 Å². The number of rotatable bonds is 8. The Kier molecular flexibility index (Phi) is 12.4. The molecule has 1 N–H and O–H groups in total. The molecule has 1 fully saturated rings. The van der Waals surface area contributed by atoms with Gasteiger partial charge in [0.2, 0.25) is 0 Å². The van der Waals surface area contributed by atoms with Crippen molar-refractivity contribution in [1.29, 1.82) is 0 Å². The topological polar surface area (TPSA) is 34.1 Å². The lowest BCUT2D eigenvalue weighted by molar-refractivity contribution is 0.125. The minimum Gasteiger partial charge on any atom is -0.357 e. The maximum absolute atomic E-state index is 6.11. The van der Waals surface area contributed by atoms with Crippen molar-refractivity contribution in [1.82, 2.24) is 20.0 Å². The van der Waals surface area contributed by atoms with Crippen molar-refractivity contribution < 1.29 is 0 Å². The molecule has 0 bridgehead atoms. The van der Waals surface area contributed by atoms with E-state index in [4.69, 9.17) is 16.6 Å². The highest BCUT2D eigenvalue weighted by Gasteiger charge is 2.17. The first-order valence-electron chi connectivity index (χ1n) is 10.2. The number of hydrogen-bond donors (Lipinski definition) is 1. The summed E-state index contributed by atoms with van der Waals surface area (Å²) in [6.07, 6.45) is 0. The Morgan fingerprint density at radius 2 is 1.89 bits per heavy atom. The van der Waals surface area contributed by atoms with Gasteiger partial charge >= 0.3 is 0 Å². The van der Waals surface area contributed by atoms with Gasteiger partial charge in [0.05, 0.1) is 0 Å². The van der Waals surface area contributed by atoms with Crippen LogP contribution in [0.1, 0.15) is 26.3 Å². The fraction of sp³-hybridized carbons (Fsp3) is 0.667. The van der Waals surface area contributed by atoms with Crippen LogP contribution in [0, 0.1) is 5.92 Å². The standard InChI is InChI=1S/C21H36ClN5.HI/c1-5-23-21(25(4)17-19-8-7-9-20(22)14-19)24-15-18(3)16-27-12-10-26(6-2)11-13-27;/h7-9,14,18H,5-6,10-13,15-17H2,1-4H3,(H,23,24);1H. The highest BCUT2D eigenvalue weighted by atomic mass is 127. The Morgan fingerprint density at radius 1 is 1.21 bits per heavy atom. The van der Waals surface area contributed by atoms with Crippen LogP contribution in [0.25, 0.3) is 0 Å². The van der Waals surface area contributed by atoms with E-state index in [1.807, 2.05) is 18.2 Å². The monoisotopic (exact) mass is 521 g/mol. The van der Waals surface area contributed by atoms with Crippen LogP contribution in [0.2, 0.25) is 5.02 Å². The van der Waals surface area contributed by atoms with Crippen molar-refractivity contribution in [2.45, 2.75) is 27.3 Å². The van der Waals surface area contributed by atoms with Gasteiger partial charge in [-0.25, -0.2) is 0 Å². The quantitative estimate of drug-likeness (QED) is 0.322. The largest absolute Gasteiger partial charge is 0.357 e. The molecular weight excluding hydrogens is 485 g/mol. The molecule has 1 heterocycles. The molecule has 2 rings (SSSR count). The zero-order chi connectivity index (χ0) is 19.6. The van der Waals surface area contributed by atoms with Crippen LogP contribution < -0.4 is 5.32 Å². The number of likely N-dealkylation sites (N-methyl/N-ethyl adjacent to an activating group) is 1. The maximum Gasteiger partial charge on any atom is 0.193 e. The summed E-state index contributed by atoms with van der Waals surface area (Å²) >= 11 is 6.11. The third kappa shape index (κ3) is 8.84. The van der Waals surface area contributed by atoms with Gasteiger partial charge < -0.3 is 20.0 Å². The van der Waals surface area contributed by atoms with Gasteiger partial charge in [0.1, 0.15) is 0 Å². The molecule has 1 atom stereocenters. The first-order valence-corrected chi connectivity index (χ1v) is 10.6. The molecule has 160 valence electrons. The van der Waals surface area contributed by atoms with E-state index in [0.717, 1.165) is 37.2 Å². The first kappa shape index (κ1) is 25.5. The zero-order valence-corrected chi connectivity index (χ0v) is 20.9. The van der Waals surface area contributed by atoms with E-state index < -0.39 is 0 Å². The van der Waals surface area contributed by atoms with E-state index in [9.17, 15) is 0 Å². The van der Waals surface area contributed by atoms with Gasteiger partial charge in [-0.15, -0.1) is 24.0 Å². The van der Waals surface area contributed by atoms with Gasteiger partial charge in [-0.05, 0) is 37.1 Å². The lowest BCUT2D eigenvalue weighted by Gasteiger charge is -2.35. The van der Waals surface area contributed by atoms with Crippen molar-refractivity contribution >= 4 is 41.5 Å². The lowest BCUT2D eigenvalue weighted by Crippen LogP contribution is -2.47. The van der Waals surface area contributed by atoms with E-state index in [1.165, 1.54) is 38.3 Å². The van der Waals surface area contributed by atoms with E-state index in [-0.39, 0.29) is 24.0 Å². The van der Waals surface area contributed by atoms with Gasteiger partial charge in [0, 0.05) is 64.4 Å². The van der Waals surface area contributed by atoms with Gasteiger partial charge in [-0.2, -0.15) is 0 Å². The third-order valence-electron chi connectivity index (χ3n) is 5.04. The average Bonchev–Trinajstić information content (AvgIpc) is 2.65. The number of hydrogen-bond acceptors (Lipinski definition) is 3. The molecule has 0 amide bonds. The summed E-state index contributed by atoms with van der Waals surface area (Å²) in [6.45, 7) is 16.2. The second-order valence-corrected chi connectivity index (χ2v) is 7.96. The molecule has 1 unspecified atom stereocenters. The molecule has 1 aliphatic rings. The summed E-state index contributed by atoms with van der Waals surface area (Å²) in [7, 11) is 2.08. The van der Waals surface area contributed by atoms with E-state index in [2.05, 4.69) is 53.9 Å². The Balaban J connectivity index is 0.00000392. The Bertz CT molecular complexity index is 590. The van der Waals surface area contributed by atoms with Crippen LogP contribution in [-0.4, -0.2) is 80.1 Å². The fourth-order valence-corrected chi connectivity index (χ4v) is 3.70. The Hall–Kier alpha value is -0.570. The van der Waals surface area contributed by atoms with Crippen LogP contribution in [0.15, 0.2) is 29.3 Å². The molecule has 5 nitrogen and oxygen atoms in total. The number of benzene rings is 1. The van der Waals surface area contributed by atoms with E-state index in [1.54, 1.807) is 0 Å². The number of nitrogens with zero attached hydrogens (tertiary/aromatic N) is 4. The number of aliphatic imine (C=N–C) groups is 1. The maximum atomic E-state index is 6.11. The summed E-state index contributed by atoms with van der Waals surface area (Å²) in [6, 6.07) is 8.02. The minimum atomic E-state index is 0. The van der Waals surface area contributed by atoms with Crippen LogP contribution in [0.4, 0.5) is 0 Å². The molecule has 0 saturated carbocycles. The molecule has 0 aliphatic carbocycles. The van der Waals surface area contributed by atoms with Gasteiger partial charge in [-0.1, -0.05) is 37.6 Å². The van der Waals surface area contributed by atoms with Crippen molar-refractivity contribution in [2.75, 3.05) is 59.4 Å². The summed E-state index contributed by atoms with van der Waals surface area (Å²) in [5, 5.41) is 4.19. The predicted octanol–water partition coefficient (Wildman–Crippen LogP) is 3.63. The Labute approximate surface area is 193 Å². The summed E-state index contributed by atoms with van der Waals surface area (Å²) in [5.41, 5.74) is 1.19. The highest BCUT2D eigenvalue weighted by Crippen LogP contribution is 2.12. The molecule has 0 aromatic heterocycles. The number of nitrogens with one attached hydrogen (secondary N) is 1. The summed E-state index contributed by atoms with van der Waals surface area (Å²) in [4.78, 5) is 12.2. The van der Waals surface area contributed by atoms with Gasteiger partial charge in [-0.3, -0.25) is 4.99 Å². The van der Waals surface area contributed by atoms with Crippen LogP contribution in [0.3, 0.4) is 0 Å². The second-order valence-electron chi connectivity index (χ2n) is 7.52. The molecular formula is C21H37ClIN5. The predicted molar refractivity (Wildman–Crippen MR) is 132 cm³/mol.